The summed E-state index contributed by atoms with van der Waals surface area (Å²) in [4.78, 5) is 10.7. The lowest BCUT2D eigenvalue weighted by Gasteiger charge is -2.14. The Kier molecular flexibility index (Phi) is 4.97. The lowest BCUT2D eigenvalue weighted by molar-refractivity contribution is -0.141. The second-order valence-electron chi connectivity index (χ2n) is 4.29. The minimum absolute atomic E-state index is 0.130. The van der Waals surface area contributed by atoms with Crippen LogP contribution < -0.4 is 10.5 Å². The molecule has 94 valence electrons. The van der Waals surface area contributed by atoms with E-state index in [1.54, 1.807) is 14.0 Å². The van der Waals surface area contributed by atoms with Crippen molar-refractivity contribution in [3.05, 3.63) is 29.8 Å². The van der Waals surface area contributed by atoms with Crippen molar-refractivity contribution in [1.82, 2.24) is 0 Å². The highest BCUT2D eigenvalue weighted by Crippen LogP contribution is 2.14. The highest BCUT2D eigenvalue weighted by Gasteiger charge is 2.15. The fourth-order valence-electron chi connectivity index (χ4n) is 1.70. The molecule has 0 fully saturated rings. The van der Waals surface area contributed by atoms with E-state index < -0.39 is 11.9 Å². The molecule has 0 aliphatic rings. The van der Waals surface area contributed by atoms with Crippen molar-refractivity contribution in [3.63, 3.8) is 0 Å². The van der Waals surface area contributed by atoms with Gasteiger partial charge in [0, 0.05) is 6.04 Å². The van der Waals surface area contributed by atoms with Crippen LogP contribution in [0.15, 0.2) is 24.3 Å². The zero-order valence-corrected chi connectivity index (χ0v) is 10.2. The van der Waals surface area contributed by atoms with Gasteiger partial charge in [0.25, 0.3) is 0 Å². The fourth-order valence-corrected chi connectivity index (χ4v) is 1.70. The first-order chi connectivity index (χ1) is 8.02. The van der Waals surface area contributed by atoms with E-state index in [0.717, 1.165) is 11.3 Å². The highest BCUT2D eigenvalue weighted by atomic mass is 16.5. The van der Waals surface area contributed by atoms with Crippen LogP contribution in [0.3, 0.4) is 0 Å². The van der Waals surface area contributed by atoms with E-state index in [4.69, 9.17) is 15.6 Å². The molecule has 2 atom stereocenters. The predicted octanol–water partition coefficient (Wildman–Crippen LogP) is 1.68. The number of methoxy groups -OCH3 is 1. The number of carboxylic acids is 1. The van der Waals surface area contributed by atoms with Crippen LogP contribution in [-0.4, -0.2) is 24.2 Å². The van der Waals surface area contributed by atoms with Crippen molar-refractivity contribution < 1.29 is 14.6 Å². The van der Waals surface area contributed by atoms with Gasteiger partial charge in [-0.25, -0.2) is 0 Å². The second kappa shape index (κ2) is 6.25. The Morgan fingerprint density at radius 1 is 1.41 bits per heavy atom. The van der Waals surface area contributed by atoms with Crippen LogP contribution in [-0.2, 0) is 11.2 Å². The number of carbonyl (C=O) groups is 1. The Balaban J connectivity index is 2.49. The zero-order valence-electron chi connectivity index (χ0n) is 10.2. The molecule has 17 heavy (non-hydrogen) atoms. The molecule has 0 saturated carbocycles. The number of benzene rings is 1. The Labute approximate surface area is 101 Å². The van der Waals surface area contributed by atoms with E-state index >= 15 is 0 Å². The van der Waals surface area contributed by atoms with Crippen LogP contribution in [0.25, 0.3) is 0 Å². The first kappa shape index (κ1) is 13.5. The smallest absolute Gasteiger partial charge is 0.306 e. The quantitative estimate of drug-likeness (QED) is 0.789. The largest absolute Gasteiger partial charge is 0.497 e. The number of hydrogen-bond acceptors (Lipinski definition) is 3. The minimum Gasteiger partial charge on any atom is -0.497 e. The van der Waals surface area contributed by atoms with Crippen molar-refractivity contribution in [2.75, 3.05) is 7.11 Å². The summed E-state index contributed by atoms with van der Waals surface area (Å²) in [7, 11) is 1.62. The maximum absolute atomic E-state index is 10.7. The minimum atomic E-state index is -0.796. The summed E-state index contributed by atoms with van der Waals surface area (Å²) in [5.41, 5.74) is 7.01. The molecular formula is C13H19NO3. The van der Waals surface area contributed by atoms with Crippen molar-refractivity contribution in [3.8, 4) is 5.75 Å². The third-order valence-electron chi connectivity index (χ3n) is 2.73. The Bertz CT molecular complexity index is 361. The molecule has 0 heterocycles. The summed E-state index contributed by atoms with van der Waals surface area (Å²) in [6, 6.07) is 7.52. The molecule has 4 nitrogen and oxygen atoms in total. The summed E-state index contributed by atoms with van der Waals surface area (Å²) in [6.07, 6.45) is 1.17. The van der Waals surface area contributed by atoms with Crippen LogP contribution in [0.4, 0.5) is 0 Å². The molecule has 0 amide bonds. The van der Waals surface area contributed by atoms with Crippen LogP contribution in [0.2, 0.25) is 0 Å². The summed E-state index contributed by atoms with van der Waals surface area (Å²) in [6.45, 7) is 1.68. The van der Waals surface area contributed by atoms with Gasteiger partial charge < -0.3 is 15.6 Å². The van der Waals surface area contributed by atoms with Gasteiger partial charge in [-0.3, -0.25) is 4.79 Å². The number of hydrogen-bond donors (Lipinski definition) is 2. The molecule has 0 aliphatic carbocycles. The Morgan fingerprint density at radius 2 is 2.00 bits per heavy atom. The first-order valence-electron chi connectivity index (χ1n) is 5.64. The summed E-state index contributed by atoms with van der Waals surface area (Å²) >= 11 is 0. The van der Waals surface area contributed by atoms with Crippen LogP contribution in [0.1, 0.15) is 18.9 Å². The van der Waals surface area contributed by atoms with Crippen LogP contribution in [0, 0.1) is 5.92 Å². The van der Waals surface area contributed by atoms with Gasteiger partial charge in [0.15, 0.2) is 0 Å². The molecule has 0 radical (unpaired) electrons. The third-order valence-corrected chi connectivity index (χ3v) is 2.73. The van der Waals surface area contributed by atoms with Crippen molar-refractivity contribution in [1.29, 1.82) is 0 Å². The summed E-state index contributed by atoms with van der Waals surface area (Å²) in [5, 5.41) is 8.79. The number of nitrogens with two attached hydrogens (primary N) is 1. The molecule has 0 bridgehead atoms. The van der Waals surface area contributed by atoms with Gasteiger partial charge in [-0.05, 0) is 30.5 Å². The third kappa shape index (κ3) is 4.44. The normalized spacial score (nSPS) is 14.1. The van der Waals surface area contributed by atoms with E-state index in [1.807, 2.05) is 24.3 Å². The molecule has 1 rings (SSSR count). The fraction of sp³-hybridized carbons (Fsp3) is 0.462. The predicted molar refractivity (Wildman–Crippen MR) is 66.1 cm³/mol. The molecule has 3 N–H and O–H groups in total. The van der Waals surface area contributed by atoms with Crippen molar-refractivity contribution in [2.45, 2.75) is 25.8 Å². The van der Waals surface area contributed by atoms with Gasteiger partial charge in [0.1, 0.15) is 5.75 Å². The standard InChI is InChI=1S/C13H19NO3/c1-9(13(15)16)7-11(14)8-10-3-5-12(17-2)6-4-10/h3-6,9,11H,7-8,14H2,1-2H3,(H,15,16)/t9-,11+/m0/s1. The molecule has 0 aromatic heterocycles. The van der Waals surface area contributed by atoms with E-state index in [1.165, 1.54) is 0 Å². The maximum atomic E-state index is 10.7. The number of aliphatic carboxylic acids is 1. The van der Waals surface area contributed by atoms with Gasteiger partial charge in [-0.15, -0.1) is 0 Å². The van der Waals surface area contributed by atoms with Crippen LogP contribution in [0.5, 0.6) is 5.75 Å². The molecule has 4 heteroatoms. The molecule has 1 aromatic carbocycles. The topological polar surface area (TPSA) is 72.5 Å². The molecular weight excluding hydrogens is 218 g/mol. The van der Waals surface area contributed by atoms with Crippen LogP contribution >= 0.6 is 0 Å². The summed E-state index contributed by atoms with van der Waals surface area (Å²) in [5.74, 6) is -0.389. The first-order valence-corrected chi connectivity index (χ1v) is 5.64. The van der Waals surface area contributed by atoms with Gasteiger partial charge >= 0.3 is 5.97 Å². The van der Waals surface area contributed by atoms with E-state index in [-0.39, 0.29) is 6.04 Å². The van der Waals surface area contributed by atoms with Gasteiger partial charge in [0.05, 0.1) is 13.0 Å². The van der Waals surface area contributed by atoms with E-state index in [9.17, 15) is 4.79 Å². The average Bonchev–Trinajstić information content (AvgIpc) is 2.29. The maximum Gasteiger partial charge on any atom is 0.306 e. The van der Waals surface area contributed by atoms with Gasteiger partial charge in [-0.1, -0.05) is 19.1 Å². The molecule has 0 unspecified atom stereocenters. The lowest BCUT2D eigenvalue weighted by atomic mass is 9.97. The van der Waals surface area contributed by atoms with Crippen molar-refractivity contribution in [2.24, 2.45) is 11.7 Å². The zero-order chi connectivity index (χ0) is 12.8. The number of ether oxygens (including phenoxy) is 1. The van der Waals surface area contributed by atoms with Gasteiger partial charge in [-0.2, -0.15) is 0 Å². The monoisotopic (exact) mass is 237 g/mol. The Hall–Kier alpha value is -1.55. The molecule has 0 aliphatic heterocycles. The average molecular weight is 237 g/mol. The number of rotatable bonds is 6. The lowest BCUT2D eigenvalue weighted by Crippen LogP contribution is -2.28. The Morgan fingerprint density at radius 3 is 2.47 bits per heavy atom. The number of carboxylic acid groups (broad SMARTS) is 1. The summed E-state index contributed by atoms with van der Waals surface area (Å²) < 4.78 is 5.06. The molecule has 0 spiro atoms. The van der Waals surface area contributed by atoms with E-state index in [2.05, 4.69) is 0 Å². The van der Waals surface area contributed by atoms with Gasteiger partial charge in [0.2, 0.25) is 0 Å². The second-order valence-corrected chi connectivity index (χ2v) is 4.29. The van der Waals surface area contributed by atoms with E-state index in [0.29, 0.717) is 12.8 Å². The highest BCUT2D eigenvalue weighted by molar-refractivity contribution is 5.69. The molecule has 0 saturated heterocycles. The van der Waals surface area contributed by atoms with Crippen molar-refractivity contribution >= 4 is 5.97 Å². The SMILES string of the molecule is COc1ccc(C[C@H](N)C[C@H](C)C(=O)O)cc1. The molecule has 1 aromatic rings.